The Hall–Kier alpha value is -2.55. The number of hydrogen-bond acceptors (Lipinski definition) is 6. The summed E-state index contributed by atoms with van der Waals surface area (Å²) in [7, 11) is 0. The highest BCUT2D eigenvalue weighted by Crippen LogP contribution is 2.16. The molecule has 2 heterocycles. The number of aromatic nitrogens is 5. The van der Waals surface area contributed by atoms with Crippen molar-refractivity contribution in [1.29, 1.82) is 0 Å². The molecule has 9 heteroatoms. The van der Waals surface area contributed by atoms with Crippen LogP contribution in [0.2, 0.25) is 0 Å². The van der Waals surface area contributed by atoms with Gasteiger partial charge in [0.15, 0.2) is 0 Å². The first kappa shape index (κ1) is 12.5. The minimum Gasteiger partial charge on any atom is -0.335 e. The lowest BCUT2D eigenvalue weighted by atomic mass is 10.3. The van der Waals surface area contributed by atoms with Gasteiger partial charge in [-0.3, -0.25) is 4.79 Å². The number of carbonyl (C=O) groups is 1. The Kier molecular flexibility index (Phi) is 3.25. The smallest absolute Gasteiger partial charge is 0.273 e. The number of rotatable bonds is 4. The average molecular weight is 289 g/mol. The Morgan fingerprint density at radius 3 is 2.90 bits per heavy atom. The van der Waals surface area contributed by atoms with Crippen LogP contribution >= 0.6 is 11.8 Å². The quantitative estimate of drug-likeness (QED) is 0.531. The molecule has 0 unspecified atom stereocenters. The highest BCUT2D eigenvalue weighted by Gasteiger charge is 2.12. The lowest BCUT2D eigenvalue weighted by Gasteiger charge is -2.03. The Morgan fingerprint density at radius 2 is 2.10 bits per heavy atom. The number of anilines is 1. The van der Waals surface area contributed by atoms with Crippen LogP contribution in [-0.2, 0) is 4.79 Å². The van der Waals surface area contributed by atoms with E-state index in [0.717, 1.165) is 5.69 Å². The van der Waals surface area contributed by atoms with Crippen molar-refractivity contribution in [2.24, 2.45) is 0 Å². The molecule has 0 fully saturated rings. The van der Waals surface area contributed by atoms with E-state index in [1.807, 2.05) is 30.3 Å². The lowest BCUT2D eigenvalue weighted by molar-refractivity contribution is -0.113. The van der Waals surface area contributed by atoms with Crippen molar-refractivity contribution in [3.63, 3.8) is 0 Å². The second-order valence-corrected chi connectivity index (χ2v) is 4.88. The normalized spacial score (nSPS) is 10.8. The summed E-state index contributed by atoms with van der Waals surface area (Å²) in [5, 5.41) is 15.1. The summed E-state index contributed by atoms with van der Waals surface area (Å²) >= 11 is 1.24. The molecule has 3 rings (SSSR count). The minimum atomic E-state index is -0.120. The molecule has 0 radical (unpaired) electrons. The summed E-state index contributed by atoms with van der Waals surface area (Å²) in [6.45, 7) is 0. The lowest BCUT2D eigenvalue weighted by Crippen LogP contribution is -2.14. The first-order chi connectivity index (χ1) is 9.74. The zero-order chi connectivity index (χ0) is 13.9. The maximum absolute atomic E-state index is 11.8. The first-order valence-electron chi connectivity index (χ1n) is 5.75. The van der Waals surface area contributed by atoms with Crippen LogP contribution in [0.4, 0.5) is 5.69 Å². The molecule has 0 aliphatic carbocycles. The Morgan fingerprint density at radius 1 is 1.30 bits per heavy atom. The largest absolute Gasteiger partial charge is 0.335 e. The Bertz CT molecular complexity index is 736. The van der Waals surface area contributed by atoms with Gasteiger partial charge < -0.3 is 11.2 Å². The molecule has 0 spiro atoms. The molecule has 2 aromatic heterocycles. The van der Waals surface area contributed by atoms with Gasteiger partial charge in [-0.15, -0.1) is 10.2 Å². The molecular weight excluding hydrogens is 278 g/mol. The topological polar surface area (TPSA) is 103 Å². The van der Waals surface area contributed by atoms with Crippen molar-refractivity contribution in [3.05, 3.63) is 36.7 Å². The maximum Gasteiger partial charge on any atom is 0.273 e. The van der Waals surface area contributed by atoms with E-state index in [9.17, 15) is 4.79 Å². The predicted octanol–water partition coefficient (Wildman–Crippen LogP) is 0.370. The van der Waals surface area contributed by atoms with Crippen molar-refractivity contribution < 1.29 is 4.79 Å². The van der Waals surface area contributed by atoms with Crippen LogP contribution in [0.1, 0.15) is 0 Å². The van der Waals surface area contributed by atoms with E-state index >= 15 is 0 Å². The molecule has 0 atom stereocenters. The first-order valence-corrected chi connectivity index (χ1v) is 6.74. The van der Waals surface area contributed by atoms with Crippen LogP contribution < -0.4 is 11.2 Å². The van der Waals surface area contributed by atoms with Gasteiger partial charge in [-0.05, 0) is 12.1 Å². The molecule has 8 nitrogen and oxygen atoms in total. The van der Waals surface area contributed by atoms with E-state index in [1.54, 1.807) is 0 Å². The molecular formula is C11H11N7OS. The van der Waals surface area contributed by atoms with Crippen molar-refractivity contribution in [2.45, 2.75) is 5.16 Å². The van der Waals surface area contributed by atoms with Crippen molar-refractivity contribution in [3.8, 4) is 0 Å². The van der Waals surface area contributed by atoms with E-state index < -0.39 is 0 Å². The number of amides is 1. The van der Waals surface area contributed by atoms with Gasteiger partial charge in [-0.2, -0.15) is 9.61 Å². The van der Waals surface area contributed by atoms with E-state index in [2.05, 4.69) is 20.6 Å². The van der Waals surface area contributed by atoms with Crippen molar-refractivity contribution in [1.82, 2.24) is 24.5 Å². The number of nitrogen functional groups attached to an aromatic ring is 1. The number of benzene rings is 1. The summed E-state index contributed by atoms with van der Waals surface area (Å²) in [6, 6.07) is 9.26. The molecule has 20 heavy (non-hydrogen) atoms. The number of para-hydroxylation sites is 1. The van der Waals surface area contributed by atoms with E-state index in [4.69, 9.17) is 5.84 Å². The molecule has 0 saturated heterocycles. The summed E-state index contributed by atoms with van der Waals surface area (Å²) < 4.78 is 2.75. The van der Waals surface area contributed by atoms with Crippen LogP contribution in [0, 0.1) is 0 Å². The van der Waals surface area contributed by atoms with Gasteiger partial charge in [0.05, 0.1) is 5.75 Å². The van der Waals surface area contributed by atoms with Crippen LogP contribution in [-0.4, -0.2) is 36.1 Å². The monoisotopic (exact) mass is 289 g/mol. The summed E-state index contributed by atoms with van der Waals surface area (Å²) in [4.78, 5) is 11.8. The van der Waals surface area contributed by atoms with Crippen LogP contribution in [0.5, 0.6) is 0 Å². The maximum atomic E-state index is 11.8. The van der Waals surface area contributed by atoms with Crippen molar-refractivity contribution in [2.75, 3.05) is 16.9 Å². The highest BCUT2D eigenvalue weighted by molar-refractivity contribution is 7.99. The van der Waals surface area contributed by atoms with Gasteiger partial charge in [-0.25, -0.2) is 4.68 Å². The minimum absolute atomic E-state index is 0.120. The molecule has 0 aliphatic heterocycles. The molecule has 1 aromatic carbocycles. The summed E-state index contributed by atoms with van der Waals surface area (Å²) in [6.07, 6.45) is 1.43. The molecule has 0 saturated carbocycles. The third-order valence-electron chi connectivity index (χ3n) is 2.51. The van der Waals surface area contributed by atoms with Gasteiger partial charge in [-0.1, -0.05) is 30.0 Å². The fourth-order valence-electron chi connectivity index (χ4n) is 1.62. The average Bonchev–Trinajstić information content (AvgIpc) is 3.01. The van der Waals surface area contributed by atoms with E-state index in [1.165, 1.54) is 27.3 Å². The molecule has 102 valence electrons. The van der Waals surface area contributed by atoms with E-state index in [-0.39, 0.29) is 11.7 Å². The number of hydrogen-bond donors (Lipinski definition) is 2. The number of nitrogens with two attached hydrogens (primary N) is 1. The summed E-state index contributed by atoms with van der Waals surface area (Å²) in [5.41, 5.74) is 0.760. The second-order valence-electron chi connectivity index (χ2n) is 3.94. The van der Waals surface area contributed by atoms with Crippen LogP contribution in [0.3, 0.4) is 0 Å². The zero-order valence-electron chi connectivity index (χ0n) is 10.3. The van der Waals surface area contributed by atoms with E-state index in [0.29, 0.717) is 10.9 Å². The van der Waals surface area contributed by atoms with Crippen LogP contribution in [0.15, 0.2) is 41.8 Å². The van der Waals surface area contributed by atoms with Crippen LogP contribution in [0.25, 0.3) is 5.78 Å². The molecule has 3 aromatic rings. The zero-order valence-corrected chi connectivity index (χ0v) is 11.1. The third kappa shape index (κ3) is 2.43. The highest BCUT2D eigenvalue weighted by atomic mass is 32.2. The van der Waals surface area contributed by atoms with Gasteiger partial charge in [0.25, 0.3) is 5.78 Å². The molecule has 3 N–H and O–H groups in total. The number of nitrogens with one attached hydrogen (secondary N) is 1. The fraction of sp³-hybridized carbons (Fsp3) is 0.0909. The van der Waals surface area contributed by atoms with Gasteiger partial charge in [0.1, 0.15) is 6.33 Å². The number of nitrogens with zero attached hydrogens (tertiary/aromatic N) is 5. The third-order valence-corrected chi connectivity index (χ3v) is 3.43. The van der Waals surface area contributed by atoms with Gasteiger partial charge in [0.2, 0.25) is 11.1 Å². The SMILES string of the molecule is Nn1cnn2c(SCC(=O)Nc3ccccc3)nnc12. The fourth-order valence-corrected chi connectivity index (χ4v) is 2.30. The van der Waals surface area contributed by atoms with Gasteiger partial charge in [0, 0.05) is 5.69 Å². The molecule has 0 aliphatic rings. The Labute approximate surface area is 117 Å². The number of thioether (sulfide) groups is 1. The predicted molar refractivity (Wildman–Crippen MR) is 74.7 cm³/mol. The van der Waals surface area contributed by atoms with Gasteiger partial charge >= 0.3 is 0 Å². The number of carbonyl (C=O) groups excluding carboxylic acids is 1. The second kappa shape index (κ2) is 5.21. The number of fused-ring (bicyclic) bond motifs is 1. The molecule has 1 amide bonds. The molecule has 0 bridgehead atoms. The Balaban J connectivity index is 1.63. The van der Waals surface area contributed by atoms with Crippen molar-refractivity contribution >= 4 is 29.1 Å². The summed E-state index contributed by atoms with van der Waals surface area (Å²) in [5.74, 6) is 6.11. The standard InChI is InChI=1S/C11H11N7OS/c12-17-7-13-18-10(17)15-16-11(18)20-6-9(19)14-8-4-2-1-3-5-8/h1-5,7H,6,12H2,(H,14,19).